The van der Waals surface area contributed by atoms with E-state index in [9.17, 15) is 18.0 Å². The molecule has 1 aliphatic carbocycles. The van der Waals surface area contributed by atoms with Crippen molar-refractivity contribution in [3.8, 4) is 0 Å². The molecule has 0 spiro atoms. The van der Waals surface area contributed by atoms with E-state index < -0.39 is 17.5 Å². The molecule has 3 atom stereocenters. The highest BCUT2D eigenvalue weighted by molar-refractivity contribution is 5.74. The summed E-state index contributed by atoms with van der Waals surface area (Å²) in [5, 5.41) is 2.62. The van der Waals surface area contributed by atoms with E-state index in [4.69, 9.17) is 5.73 Å². The zero-order valence-corrected chi connectivity index (χ0v) is 12.0. The average molecular weight is 313 g/mol. The summed E-state index contributed by atoms with van der Waals surface area (Å²) in [5.74, 6) is -3.37. The van der Waals surface area contributed by atoms with Crippen LogP contribution < -0.4 is 11.1 Å². The molecule has 1 heterocycles. The first kappa shape index (κ1) is 15.1. The standard InChI is InChI=1S/C15H18F3N3O/c16-11-3-8(4-12(17)13(11)18)5-20-15(22)21-6-9-1-2-10(7-21)14(9)19/h3-4,9-10,14H,1-2,5-7,19H2,(H,20,22)/t9-,10+,14?. The number of rotatable bonds is 2. The Balaban J connectivity index is 1.59. The normalized spacial score (nSPS) is 27.1. The van der Waals surface area contributed by atoms with Gasteiger partial charge in [-0.1, -0.05) is 0 Å². The van der Waals surface area contributed by atoms with Crippen molar-refractivity contribution in [1.82, 2.24) is 10.2 Å². The molecule has 3 N–H and O–H groups in total. The zero-order valence-electron chi connectivity index (χ0n) is 12.0. The van der Waals surface area contributed by atoms with Gasteiger partial charge in [-0.25, -0.2) is 18.0 Å². The fourth-order valence-electron chi connectivity index (χ4n) is 3.43. The maximum absolute atomic E-state index is 13.1. The van der Waals surface area contributed by atoms with Crippen LogP contribution in [0.1, 0.15) is 18.4 Å². The number of amides is 2. The number of likely N-dealkylation sites (tertiary alicyclic amines) is 1. The smallest absolute Gasteiger partial charge is 0.317 e. The quantitative estimate of drug-likeness (QED) is 0.820. The van der Waals surface area contributed by atoms with E-state index in [1.165, 1.54) is 0 Å². The van der Waals surface area contributed by atoms with Gasteiger partial charge in [0.15, 0.2) is 17.5 Å². The third-order valence-electron chi connectivity index (χ3n) is 4.68. The van der Waals surface area contributed by atoms with Crippen LogP contribution >= 0.6 is 0 Å². The second-order valence-electron chi connectivity index (χ2n) is 6.11. The molecule has 1 aromatic rings. The van der Waals surface area contributed by atoms with Crippen molar-refractivity contribution in [2.75, 3.05) is 13.1 Å². The molecule has 0 aromatic heterocycles. The molecule has 1 aromatic carbocycles. The van der Waals surface area contributed by atoms with E-state index in [0.717, 1.165) is 25.0 Å². The number of nitrogens with two attached hydrogens (primary N) is 1. The molecule has 1 saturated heterocycles. The largest absolute Gasteiger partial charge is 0.334 e. The van der Waals surface area contributed by atoms with Crippen LogP contribution in [0.15, 0.2) is 12.1 Å². The molecule has 3 rings (SSSR count). The molecule has 0 radical (unpaired) electrons. The summed E-state index contributed by atoms with van der Waals surface area (Å²) in [4.78, 5) is 13.8. The topological polar surface area (TPSA) is 58.4 Å². The van der Waals surface area contributed by atoms with E-state index in [0.29, 0.717) is 24.9 Å². The van der Waals surface area contributed by atoms with E-state index in [1.807, 2.05) is 0 Å². The minimum atomic E-state index is -1.50. The van der Waals surface area contributed by atoms with Gasteiger partial charge in [0, 0.05) is 25.7 Å². The third-order valence-corrected chi connectivity index (χ3v) is 4.68. The summed E-state index contributed by atoms with van der Waals surface area (Å²) in [6.07, 6.45) is 2.06. The summed E-state index contributed by atoms with van der Waals surface area (Å²) >= 11 is 0. The molecular weight excluding hydrogens is 295 g/mol. The lowest BCUT2D eigenvalue weighted by Crippen LogP contribution is -2.53. The minimum absolute atomic E-state index is 0.0508. The van der Waals surface area contributed by atoms with Crippen LogP contribution in [0.5, 0.6) is 0 Å². The number of urea groups is 1. The second kappa shape index (κ2) is 5.79. The number of benzene rings is 1. The number of carbonyl (C=O) groups excluding carboxylic acids is 1. The molecule has 2 bridgehead atoms. The number of hydrogen-bond donors (Lipinski definition) is 2. The van der Waals surface area contributed by atoms with Crippen LogP contribution in [-0.2, 0) is 6.54 Å². The lowest BCUT2D eigenvalue weighted by Gasteiger charge is -2.36. The highest BCUT2D eigenvalue weighted by atomic mass is 19.2. The van der Waals surface area contributed by atoms with Crippen molar-refractivity contribution >= 4 is 6.03 Å². The summed E-state index contributed by atoms with van der Waals surface area (Å²) in [6.45, 7) is 1.16. The monoisotopic (exact) mass is 313 g/mol. The summed E-state index contributed by atoms with van der Waals surface area (Å²) in [7, 11) is 0. The van der Waals surface area contributed by atoms with E-state index >= 15 is 0 Å². The molecule has 2 amide bonds. The lowest BCUT2D eigenvalue weighted by atomic mass is 9.93. The summed E-state index contributed by atoms with van der Waals surface area (Å²) in [5.41, 5.74) is 6.26. The molecule has 1 saturated carbocycles. The average Bonchev–Trinajstić information content (AvgIpc) is 2.72. The Morgan fingerprint density at radius 3 is 2.27 bits per heavy atom. The van der Waals surface area contributed by atoms with Crippen molar-refractivity contribution in [1.29, 1.82) is 0 Å². The fraction of sp³-hybridized carbons (Fsp3) is 0.533. The number of fused-ring (bicyclic) bond motifs is 2. The van der Waals surface area contributed by atoms with Crippen molar-refractivity contribution in [3.63, 3.8) is 0 Å². The maximum Gasteiger partial charge on any atom is 0.317 e. The predicted molar refractivity (Wildman–Crippen MR) is 74.3 cm³/mol. The van der Waals surface area contributed by atoms with Gasteiger partial charge in [-0.2, -0.15) is 0 Å². The molecule has 120 valence electrons. The van der Waals surface area contributed by atoms with Crippen LogP contribution in [0.25, 0.3) is 0 Å². The van der Waals surface area contributed by atoms with Crippen LogP contribution in [0.4, 0.5) is 18.0 Å². The summed E-state index contributed by atoms with van der Waals surface area (Å²) in [6, 6.07) is 1.64. The van der Waals surface area contributed by atoms with Crippen molar-refractivity contribution in [2.24, 2.45) is 17.6 Å². The molecule has 2 fully saturated rings. The number of carbonyl (C=O) groups is 1. The Kier molecular flexibility index (Phi) is 3.99. The van der Waals surface area contributed by atoms with Crippen LogP contribution in [0, 0.1) is 29.3 Å². The lowest BCUT2D eigenvalue weighted by molar-refractivity contribution is 0.150. The van der Waals surface area contributed by atoms with Gasteiger partial charge in [0.25, 0.3) is 0 Å². The Bertz CT molecular complexity index is 558. The van der Waals surface area contributed by atoms with Crippen molar-refractivity contribution in [2.45, 2.75) is 25.4 Å². The second-order valence-corrected chi connectivity index (χ2v) is 6.11. The Hall–Kier alpha value is -1.76. The maximum atomic E-state index is 13.1. The Morgan fingerprint density at radius 1 is 1.18 bits per heavy atom. The van der Waals surface area contributed by atoms with Crippen LogP contribution in [0.2, 0.25) is 0 Å². The van der Waals surface area contributed by atoms with Gasteiger partial charge in [-0.15, -0.1) is 0 Å². The van der Waals surface area contributed by atoms with Gasteiger partial charge in [0.05, 0.1) is 0 Å². The predicted octanol–water partition coefficient (Wildman–Crippen LogP) is 1.98. The van der Waals surface area contributed by atoms with Crippen molar-refractivity contribution in [3.05, 3.63) is 35.1 Å². The minimum Gasteiger partial charge on any atom is -0.334 e. The van der Waals surface area contributed by atoms with Gasteiger partial charge in [0.2, 0.25) is 0 Å². The first-order valence-corrected chi connectivity index (χ1v) is 7.37. The van der Waals surface area contributed by atoms with Gasteiger partial charge >= 0.3 is 6.03 Å². The SMILES string of the molecule is NC1[C@@H]2CC[C@H]1CN(C(=O)NCc1cc(F)c(F)c(F)c1)C2. The van der Waals surface area contributed by atoms with Gasteiger partial charge in [-0.05, 0) is 42.4 Å². The third kappa shape index (κ3) is 2.77. The van der Waals surface area contributed by atoms with E-state index in [1.54, 1.807) is 4.90 Å². The van der Waals surface area contributed by atoms with Gasteiger partial charge in [0.1, 0.15) is 0 Å². The highest BCUT2D eigenvalue weighted by Crippen LogP contribution is 2.35. The van der Waals surface area contributed by atoms with Gasteiger partial charge < -0.3 is 16.0 Å². The fourth-order valence-corrected chi connectivity index (χ4v) is 3.43. The number of hydrogen-bond acceptors (Lipinski definition) is 2. The van der Waals surface area contributed by atoms with Crippen LogP contribution in [0.3, 0.4) is 0 Å². The zero-order chi connectivity index (χ0) is 15.9. The first-order valence-electron chi connectivity index (χ1n) is 7.37. The molecule has 2 aliphatic rings. The molecule has 1 aliphatic heterocycles. The number of piperidine rings is 1. The van der Waals surface area contributed by atoms with Gasteiger partial charge in [-0.3, -0.25) is 0 Å². The molecule has 22 heavy (non-hydrogen) atoms. The molecule has 1 unspecified atom stereocenters. The van der Waals surface area contributed by atoms with E-state index in [2.05, 4.69) is 5.32 Å². The summed E-state index contributed by atoms with van der Waals surface area (Å²) < 4.78 is 39.1. The molecular formula is C15H18F3N3O. The first-order chi connectivity index (χ1) is 10.5. The van der Waals surface area contributed by atoms with Crippen molar-refractivity contribution < 1.29 is 18.0 Å². The Labute approximate surface area is 126 Å². The number of nitrogens with zero attached hydrogens (tertiary/aromatic N) is 1. The Morgan fingerprint density at radius 2 is 1.73 bits per heavy atom. The van der Waals surface area contributed by atoms with Crippen LogP contribution in [-0.4, -0.2) is 30.1 Å². The highest BCUT2D eigenvalue weighted by Gasteiger charge is 2.41. The number of nitrogens with one attached hydrogen (secondary N) is 1. The number of halogens is 3. The molecule has 7 heteroatoms. The molecule has 4 nitrogen and oxygen atoms in total. The van der Waals surface area contributed by atoms with E-state index in [-0.39, 0.29) is 24.2 Å².